The second-order valence-corrected chi connectivity index (χ2v) is 3.83. The van der Waals surface area contributed by atoms with Crippen molar-refractivity contribution in [3.05, 3.63) is 29.0 Å². The van der Waals surface area contributed by atoms with Gasteiger partial charge in [-0.15, -0.1) is 0 Å². The van der Waals surface area contributed by atoms with Gasteiger partial charge in [-0.05, 0) is 37.5 Å². The van der Waals surface area contributed by atoms with Gasteiger partial charge in [-0.3, -0.25) is 0 Å². The third-order valence-electron chi connectivity index (χ3n) is 2.08. The maximum atomic E-state index is 13.2. The quantitative estimate of drug-likeness (QED) is 0.707. The van der Waals surface area contributed by atoms with Gasteiger partial charge in [0.1, 0.15) is 0 Å². The molecule has 0 aliphatic rings. The summed E-state index contributed by atoms with van der Waals surface area (Å²) in [4.78, 5) is 0. The molecule has 4 heteroatoms. The standard InChI is InChI=1S/C12H13ClFNO/c13-10-5-6-12(11(14)9-10)16-8-4-2-1-3-7-15/h5-6,9H,1-4,8H2. The second kappa shape index (κ2) is 7.08. The molecular formula is C12H13ClFNO. The molecule has 0 N–H and O–H groups in total. The van der Waals surface area contributed by atoms with Crippen LogP contribution in [0.1, 0.15) is 25.7 Å². The van der Waals surface area contributed by atoms with E-state index in [4.69, 9.17) is 21.6 Å². The van der Waals surface area contributed by atoms with Crippen molar-refractivity contribution in [3.8, 4) is 11.8 Å². The molecule has 16 heavy (non-hydrogen) atoms. The number of ether oxygens (including phenoxy) is 1. The molecular weight excluding hydrogens is 229 g/mol. The molecule has 0 atom stereocenters. The molecule has 1 aromatic carbocycles. The van der Waals surface area contributed by atoms with Crippen LogP contribution in [-0.2, 0) is 0 Å². The van der Waals surface area contributed by atoms with Crippen molar-refractivity contribution in [2.24, 2.45) is 0 Å². The zero-order chi connectivity index (χ0) is 11.8. The highest BCUT2D eigenvalue weighted by molar-refractivity contribution is 6.30. The first kappa shape index (κ1) is 12.8. The van der Waals surface area contributed by atoms with Crippen LogP contribution in [0, 0.1) is 17.1 Å². The van der Waals surface area contributed by atoms with Gasteiger partial charge in [-0.25, -0.2) is 4.39 Å². The topological polar surface area (TPSA) is 33.0 Å². The van der Waals surface area contributed by atoms with Crippen molar-refractivity contribution in [3.63, 3.8) is 0 Å². The molecule has 0 heterocycles. The van der Waals surface area contributed by atoms with Crippen LogP contribution in [-0.4, -0.2) is 6.61 Å². The first-order valence-corrected chi connectivity index (χ1v) is 5.56. The highest BCUT2D eigenvalue weighted by Crippen LogP contribution is 2.21. The molecule has 0 saturated heterocycles. The van der Waals surface area contributed by atoms with Crippen molar-refractivity contribution in [1.29, 1.82) is 5.26 Å². The second-order valence-electron chi connectivity index (χ2n) is 3.39. The molecule has 1 aromatic rings. The van der Waals surface area contributed by atoms with E-state index in [1.807, 2.05) is 0 Å². The van der Waals surface area contributed by atoms with E-state index in [-0.39, 0.29) is 5.75 Å². The van der Waals surface area contributed by atoms with Crippen LogP contribution in [0.3, 0.4) is 0 Å². The Morgan fingerprint density at radius 2 is 2.12 bits per heavy atom. The van der Waals surface area contributed by atoms with Gasteiger partial charge in [0.25, 0.3) is 0 Å². The van der Waals surface area contributed by atoms with Gasteiger partial charge in [0.2, 0.25) is 0 Å². The van der Waals surface area contributed by atoms with Crippen LogP contribution in [0.5, 0.6) is 5.75 Å². The van der Waals surface area contributed by atoms with E-state index in [2.05, 4.69) is 6.07 Å². The van der Waals surface area contributed by atoms with E-state index < -0.39 is 5.82 Å². The molecule has 0 unspecified atom stereocenters. The van der Waals surface area contributed by atoms with Gasteiger partial charge in [0, 0.05) is 11.4 Å². The number of hydrogen-bond donors (Lipinski definition) is 0. The molecule has 0 aromatic heterocycles. The third-order valence-corrected chi connectivity index (χ3v) is 2.32. The predicted octanol–water partition coefficient (Wildman–Crippen LogP) is 3.94. The molecule has 2 nitrogen and oxygen atoms in total. The van der Waals surface area contributed by atoms with Gasteiger partial charge < -0.3 is 4.74 Å². The van der Waals surface area contributed by atoms with Crippen LogP contribution >= 0.6 is 11.6 Å². The van der Waals surface area contributed by atoms with Crippen LogP contribution < -0.4 is 4.74 Å². The van der Waals surface area contributed by atoms with Crippen LogP contribution in [0.4, 0.5) is 4.39 Å². The molecule has 1 rings (SSSR count). The Balaban J connectivity index is 2.25. The van der Waals surface area contributed by atoms with Crippen molar-refractivity contribution in [1.82, 2.24) is 0 Å². The number of unbranched alkanes of at least 4 members (excludes halogenated alkanes) is 3. The van der Waals surface area contributed by atoms with Crippen molar-refractivity contribution >= 4 is 11.6 Å². The Morgan fingerprint density at radius 3 is 2.81 bits per heavy atom. The lowest BCUT2D eigenvalue weighted by molar-refractivity contribution is 0.291. The van der Waals surface area contributed by atoms with Gasteiger partial charge >= 0.3 is 0 Å². The van der Waals surface area contributed by atoms with E-state index in [0.717, 1.165) is 19.3 Å². The highest BCUT2D eigenvalue weighted by atomic mass is 35.5. The number of hydrogen-bond acceptors (Lipinski definition) is 2. The SMILES string of the molecule is N#CCCCCCOc1ccc(Cl)cc1F. The van der Waals surface area contributed by atoms with Crippen LogP contribution in [0.15, 0.2) is 18.2 Å². The lowest BCUT2D eigenvalue weighted by Gasteiger charge is -2.06. The normalized spacial score (nSPS) is 9.81. The summed E-state index contributed by atoms with van der Waals surface area (Å²) in [5, 5.41) is 8.68. The highest BCUT2D eigenvalue weighted by Gasteiger charge is 2.03. The largest absolute Gasteiger partial charge is 0.491 e. The van der Waals surface area contributed by atoms with E-state index in [9.17, 15) is 4.39 Å². The Bertz CT molecular complexity index is 376. The summed E-state index contributed by atoms with van der Waals surface area (Å²) in [6.07, 6.45) is 3.17. The van der Waals surface area contributed by atoms with Crippen LogP contribution in [0.25, 0.3) is 0 Å². The summed E-state index contributed by atoms with van der Waals surface area (Å²) in [5.41, 5.74) is 0. The van der Waals surface area contributed by atoms with Crippen molar-refractivity contribution in [2.45, 2.75) is 25.7 Å². The minimum absolute atomic E-state index is 0.227. The summed E-state index contributed by atoms with van der Waals surface area (Å²) in [7, 11) is 0. The van der Waals surface area contributed by atoms with Gasteiger partial charge in [-0.2, -0.15) is 5.26 Å². The fraction of sp³-hybridized carbons (Fsp3) is 0.417. The van der Waals surface area contributed by atoms with Crippen LogP contribution in [0.2, 0.25) is 5.02 Å². The van der Waals surface area contributed by atoms with Gasteiger partial charge in [-0.1, -0.05) is 11.6 Å². The maximum absolute atomic E-state index is 13.2. The zero-order valence-electron chi connectivity index (χ0n) is 8.88. The Morgan fingerprint density at radius 1 is 1.31 bits per heavy atom. The first-order chi connectivity index (χ1) is 7.74. The molecule has 0 radical (unpaired) electrons. The number of nitriles is 1. The minimum Gasteiger partial charge on any atom is -0.491 e. The van der Waals surface area contributed by atoms with Gasteiger partial charge in [0.05, 0.1) is 12.7 Å². The average Bonchev–Trinajstić information content (AvgIpc) is 2.26. The van der Waals surface area contributed by atoms with E-state index in [1.54, 1.807) is 6.07 Å². The molecule has 0 amide bonds. The summed E-state index contributed by atoms with van der Waals surface area (Å²) >= 11 is 5.61. The number of rotatable bonds is 6. The molecule has 0 aliphatic heterocycles. The molecule has 86 valence electrons. The minimum atomic E-state index is -0.440. The predicted molar refractivity (Wildman–Crippen MR) is 61.0 cm³/mol. The lowest BCUT2D eigenvalue weighted by Crippen LogP contribution is -1.99. The van der Waals surface area contributed by atoms with Crippen molar-refractivity contribution < 1.29 is 9.13 Å². The van der Waals surface area contributed by atoms with E-state index >= 15 is 0 Å². The monoisotopic (exact) mass is 241 g/mol. The average molecular weight is 242 g/mol. The van der Waals surface area contributed by atoms with Gasteiger partial charge in [0.15, 0.2) is 11.6 Å². The molecule has 0 bridgehead atoms. The molecule has 0 spiro atoms. The molecule has 0 fully saturated rings. The first-order valence-electron chi connectivity index (χ1n) is 5.19. The van der Waals surface area contributed by atoms with Crippen molar-refractivity contribution in [2.75, 3.05) is 6.61 Å². The summed E-state index contributed by atoms with van der Waals surface area (Å²) in [5.74, 6) is -0.214. The summed E-state index contributed by atoms with van der Waals surface area (Å²) < 4.78 is 18.5. The Labute approximate surface area is 99.6 Å². The number of benzene rings is 1. The van der Waals surface area contributed by atoms with E-state index in [1.165, 1.54) is 12.1 Å². The smallest absolute Gasteiger partial charge is 0.166 e. The zero-order valence-corrected chi connectivity index (χ0v) is 9.63. The molecule has 0 saturated carbocycles. The number of nitrogens with zero attached hydrogens (tertiary/aromatic N) is 1. The maximum Gasteiger partial charge on any atom is 0.166 e. The Hall–Kier alpha value is -1.27. The summed E-state index contributed by atoms with van der Waals surface area (Å²) in [6.45, 7) is 0.462. The molecule has 0 aliphatic carbocycles. The van der Waals surface area contributed by atoms with E-state index in [0.29, 0.717) is 18.1 Å². The number of halogens is 2. The fourth-order valence-corrected chi connectivity index (χ4v) is 1.42. The fourth-order valence-electron chi connectivity index (χ4n) is 1.26. The third kappa shape index (κ3) is 4.50. The lowest BCUT2D eigenvalue weighted by atomic mass is 10.2. The Kier molecular flexibility index (Phi) is 5.66. The summed E-state index contributed by atoms with van der Waals surface area (Å²) in [6, 6.07) is 6.42.